The van der Waals surface area contributed by atoms with Crippen molar-refractivity contribution in [3.05, 3.63) is 12.2 Å². The Morgan fingerprint density at radius 3 is 2.80 bits per heavy atom. The van der Waals surface area contributed by atoms with Crippen LogP contribution in [0.2, 0.25) is 0 Å². The third-order valence-electron chi connectivity index (χ3n) is 2.04. The topological polar surface area (TPSA) is 37.3 Å². The van der Waals surface area contributed by atoms with Crippen molar-refractivity contribution in [2.24, 2.45) is 11.8 Å². The van der Waals surface area contributed by atoms with Gasteiger partial charge in [-0.05, 0) is 18.8 Å². The van der Waals surface area contributed by atoms with Crippen molar-refractivity contribution in [2.45, 2.75) is 19.8 Å². The van der Waals surface area contributed by atoms with Crippen LogP contribution in [0, 0.1) is 11.8 Å². The average Bonchev–Trinajstić information content (AvgIpc) is 1.88. The van der Waals surface area contributed by atoms with Crippen LogP contribution in [0.3, 0.4) is 0 Å². The van der Waals surface area contributed by atoms with Crippen LogP contribution in [0.15, 0.2) is 12.2 Å². The molecule has 0 unspecified atom stereocenters. The van der Waals surface area contributed by atoms with E-state index >= 15 is 0 Å². The first-order valence-electron chi connectivity index (χ1n) is 3.61. The molecule has 0 saturated carbocycles. The van der Waals surface area contributed by atoms with E-state index < -0.39 is 5.97 Å². The minimum absolute atomic E-state index is 0.148. The van der Waals surface area contributed by atoms with Gasteiger partial charge in [0.25, 0.3) is 0 Å². The molecule has 2 atom stereocenters. The van der Waals surface area contributed by atoms with E-state index in [1.165, 1.54) is 0 Å². The Balaban J connectivity index is 2.60. The molecular formula is C8H12O2. The smallest absolute Gasteiger partial charge is 0.307 e. The quantitative estimate of drug-likeness (QED) is 0.562. The molecule has 0 heterocycles. The standard InChI is InChI=1S/C8H12O2/c1-6-4-2-3-5-7(6)8(9)10/h2,4,6-7H,3,5H2,1H3,(H,9,10)/t6-,7-/m0/s1. The van der Waals surface area contributed by atoms with Gasteiger partial charge in [0.15, 0.2) is 0 Å². The lowest BCUT2D eigenvalue weighted by molar-refractivity contribution is -0.143. The summed E-state index contributed by atoms with van der Waals surface area (Å²) in [6, 6.07) is 0. The number of carboxylic acid groups (broad SMARTS) is 1. The Hall–Kier alpha value is -0.790. The van der Waals surface area contributed by atoms with E-state index in [9.17, 15) is 4.79 Å². The van der Waals surface area contributed by atoms with Crippen molar-refractivity contribution in [1.82, 2.24) is 0 Å². The first kappa shape index (κ1) is 7.32. The highest BCUT2D eigenvalue weighted by atomic mass is 16.4. The highest BCUT2D eigenvalue weighted by molar-refractivity contribution is 5.70. The number of hydrogen-bond acceptors (Lipinski definition) is 1. The van der Waals surface area contributed by atoms with E-state index in [1.807, 2.05) is 13.0 Å². The van der Waals surface area contributed by atoms with Crippen molar-refractivity contribution in [3.63, 3.8) is 0 Å². The van der Waals surface area contributed by atoms with Crippen LogP contribution in [0.25, 0.3) is 0 Å². The fraction of sp³-hybridized carbons (Fsp3) is 0.625. The summed E-state index contributed by atoms with van der Waals surface area (Å²) in [4.78, 5) is 10.5. The second kappa shape index (κ2) is 2.86. The fourth-order valence-electron chi connectivity index (χ4n) is 1.33. The highest BCUT2D eigenvalue weighted by Crippen LogP contribution is 2.23. The van der Waals surface area contributed by atoms with Gasteiger partial charge in [0.2, 0.25) is 0 Å². The molecule has 2 heteroatoms. The summed E-state index contributed by atoms with van der Waals surface area (Å²) in [5.41, 5.74) is 0. The van der Waals surface area contributed by atoms with Gasteiger partial charge in [0.05, 0.1) is 5.92 Å². The third kappa shape index (κ3) is 1.38. The third-order valence-corrected chi connectivity index (χ3v) is 2.04. The minimum atomic E-state index is -0.656. The molecule has 0 aliphatic heterocycles. The molecule has 0 fully saturated rings. The molecule has 0 amide bonds. The lowest BCUT2D eigenvalue weighted by Crippen LogP contribution is -2.21. The maximum Gasteiger partial charge on any atom is 0.307 e. The molecule has 0 spiro atoms. The largest absolute Gasteiger partial charge is 0.481 e. The SMILES string of the molecule is C[C@H]1C=CCC[C@@H]1C(=O)O. The van der Waals surface area contributed by atoms with Crippen molar-refractivity contribution in [1.29, 1.82) is 0 Å². The summed E-state index contributed by atoms with van der Waals surface area (Å²) in [5, 5.41) is 8.67. The molecule has 10 heavy (non-hydrogen) atoms. The van der Waals surface area contributed by atoms with Crippen molar-refractivity contribution in [3.8, 4) is 0 Å². The molecule has 56 valence electrons. The summed E-state index contributed by atoms with van der Waals surface area (Å²) < 4.78 is 0. The predicted molar refractivity (Wildman–Crippen MR) is 38.7 cm³/mol. The first-order chi connectivity index (χ1) is 4.72. The molecule has 0 aromatic rings. The number of rotatable bonds is 1. The van der Waals surface area contributed by atoms with Gasteiger partial charge >= 0.3 is 5.97 Å². The molecule has 0 saturated heterocycles. The average molecular weight is 140 g/mol. The second-order valence-corrected chi connectivity index (χ2v) is 2.81. The number of carbonyl (C=O) groups is 1. The first-order valence-corrected chi connectivity index (χ1v) is 3.61. The molecule has 1 rings (SSSR count). The van der Waals surface area contributed by atoms with E-state index in [1.54, 1.807) is 0 Å². The van der Waals surface area contributed by atoms with E-state index in [4.69, 9.17) is 5.11 Å². The number of aliphatic carboxylic acids is 1. The number of allylic oxidation sites excluding steroid dienone is 2. The zero-order valence-corrected chi connectivity index (χ0v) is 6.08. The monoisotopic (exact) mass is 140 g/mol. The van der Waals surface area contributed by atoms with Gasteiger partial charge in [-0.3, -0.25) is 4.79 Å². The summed E-state index contributed by atoms with van der Waals surface area (Å²) >= 11 is 0. The molecule has 0 radical (unpaired) electrons. The molecule has 0 bridgehead atoms. The van der Waals surface area contributed by atoms with Crippen molar-refractivity contribution >= 4 is 5.97 Å². The molecule has 0 aromatic heterocycles. The molecular weight excluding hydrogens is 128 g/mol. The zero-order valence-electron chi connectivity index (χ0n) is 6.08. The van der Waals surface area contributed by atoms with Gasteiger partial charge in [-0.1, -0.05) is 19.1 Å². The maximum absolute atomic E-state index is 10.5. The van der Waals surface area contributed by atoms with Crippen LogP contribution in [-0.4, -0.2) is 11.1 Å². The van der Waals surface area contributed by atoms with Crippen molar-refractivity contribution in [2.75, 3.05) is 0 Å². The molecule has 2 nitrogen and oxygen atoms in total. The van der Waals surface area contributed by atoms with Crippen LogP contribution >= 0.6 is 0 Å². The minimum Gasteiger partial charge on any atom is -0.481 e. The summed E-state index contributed by atoms with van der Waals surface area (Å²) in [6.45, 7) is 1.95. The van der Waals surface area contributed by atoms with Gasteiger partial charge in [-0.2, -0.15) is 0 Å². The van der Waals surface area contributed by atoms with Gasteiger partial charge in [0.1, 0.15) is 0 Å². The van der Waals surface area contributed by atoms with E-state index in [-0.39, 0.29) is 11.8 Å². The molecule has 1 aliphatic rings. The Bertz CT molecular complexity index is 161. The summed E-state index contributed by atoms with van der Waals surface area (Å²) in [7, 11) is 0. The zero-order chi connectivity index (χ0) is 7.56. The number of hydrogen-bond donors (Lipinski definition) is 1. The van der Waals surface area contributed by atoms with Crippen LogP contribution in [0.5, 0.6) is 0 Å². The van der Waals surface area contributed by atoms with Gasteiger partial charge in [0, 0.05) is 0 Å². The maximum atomic E-state index is 10.5. The van der Waals surface area contributed by atoms with E-state index in [2.05, 4.69) is 6.08 Å². The van der Waals surface area contributed by atoms with E-state index in [0.717, 1.165) is 12.8 Å². The van der Waals surface area contributed by atoms with Gasteiger partial charge in [-0.15, -0.1) is 0 Å². The molecule has 1 aliphatic carbocycles. The van der Waals surface area contributed by atoms with Gasteiger partial charge < -0.3 is 5.11 Å². The van der Waals surface area contributed by atoms with Gasteiger partial charge in [-0.25, -0.2) is 0 Å². The van der Waals surface area contributed by atoms with Crippen LogP contribution in [0.4, 0.5) is 0 Å². The summed E-state index contributed by atoms with van der Waals surface area (Å²) in [6.07, 6.45) is 5.76. The van der Waals surface area contributed by atoms with Crippen LogP contribution in [0.1, 0.15) is 19.8 Å². The van der Waals surface area contributed by atoms with Crippen LogP contribution in [-0.2, 0) is 4.79 Å². The Labute approximate surface area is 60.6 Å². The highest BCUT2D eigenvalue weighted by Gasteiger charge is 2.23. The Kier molecular flexibility index (Phi) is 2.10. The lowest BCUT2D eigenvalue weighted by Gasteiger charge is -2.19. The summed E-state index contributed by atoms with van der Waals surface area (Å²) in [5.74, 6) is -0.590. The van der Waals surface area contributed by atoms with Crippen LogP contribution < -0.4 is 0 Å². The fourth-order valence-corrected chi connectivity index (χ4v) is 1.33. The second-order valence-electron chi connectivity index (χ2n) is 2.81. The molecule has 0 aromatic carbocycles. The lowest BCUT2D eigenvalue weighted by atomic mass is 9.85. The Morgan fingerprint density at radius 1 is 1.70 bits per heavy atom. The number of carboxylic acids is 1. The van der Waals surface area contributed by atoms with Crippen molar-refractivity contribution < 1.29 is 9.90 Å². The Morgan fingerprint density at radius 2 is 2.40 bits per heavy atom. The molecule has 1 N–H and O–H groups in total. The normalized spacial score (nSPS) is 32.1. The van der Waals surface area contributed by atoms with E-state index in [0.29, 0.717) is 0 Å². The predicted octanol–water partition coefficient (Wildman–Crippen LogP) is 1.67.